The van der Waals surface area contributed by atoms with Gasteiger partial charge in [0.1, 0.15) is 4.83 Å². The van der Waals surface area contributed by atoms with E-state index in [1.807, 2.05) is 12.1 Å². The molecular weight excluding hydrogens is 643 g/mol. The molecule has 0 spiro atoms. The van der Waals surface area contributed by atoms with Crippen molar-refractivity contribution in [3.05, 3.63) is 114 Å². The monoisotopic (exact) mass is 669 g/mol. The van der Waals surface area contributed by atoms with Crippen LogP contribution in [0.15, 0.2) is 103 Å². The van der Waals surface area contributed by atoms with Crippen molar-refractivity contribution in [3.8, 4) is 32.8 Å². The first-order valence-electron chi connectivity index (χ1n) is 11.3. The number of hydrogen-bond acceptors (Lipinski definition) is 4. The number of carbonyl (C=O) groups is 1. The molecule has 2 heterocycles. The summed E-state index contributed by atoms with van der Waals surface area (Å²) < 4.78 is 0. The number of aromatic nitrogens is 1. The Kier molecular flexibility index (Phi) is 9.49. The standard InChI is InChI=1S/C26H18NS.C5H8O2.Ir/c1-18-10-12-20(13-11-18)25-17-23-14-15-24(27-26(23)28-25)22-9-5-8-21(16-22)19-6-3-2-4-7-19;1-4(6)3-5(2)7;/h2-8,10-17H,1H3;3,6H,1-2H3;/q-1;;/b;4-3-;. The molecule has 3 aromatic carbocycles. The van der Waals surface area contributed by atoms with Crippen LogP contribution in [0.1, 0.15) is 19.4 Å². The molecule has 0 bridgehead atoms. The average molecular weight is 669 g/mol. The fourth-order valence-electron chi connectivity index (χ4n) is 3.65. The topological polar surface area (TPSA) is 50.2 Å². The molecule has 5 rings (SSSR count). The summed E-state index contributed by atoms with van der Waals surface area (Å²) in [7, 11) is 0. The largest absolute Gasteiger partial charge is 0.512 e. The summed E-state index contributed by atoms with van der Waals surface area (Å²) in [4.78, 5) is 17.3. The summed E-state index contributed by atoms with van der Waals surface area (Å²) in [5.41, 5.74) is 6.89. The second-order valence-corrected chi connectivity index (χ2v) is 9.35. The van der Waals surface area contributed by atoms with Gasteiger partial charge in [-0.05, 0) is 43.7 Å². The van der Waals surface area contributed by atoms with Crippen LogP contribution in [-0.4, -0.2) is 15.9 Å². The number of aliphatic hydroxyl groups excluding tert-OH is 1. The fourth-order valence-corrected chi connectivity index (χ4v) is 4.68. The Morgan fingerprint density at radius 1 is 0.889 bits per heavy atom. The molecule has 0 atom stereocenters. The minimum absolute atomic E-state index is 0. The predicted molar refractivity (Wildman–Crippen MR) is 147 cm³/mol. The molecule has 5 aromatic rings. The van der Waals surface area contributed by atoms with Gasteiger partial charge in [0.05, 0.1) is 5.76 Å². The summed E-state index contributed by atoms with van der Waals surface area (Å²) in [5, 5.41) is 9.55. The molecule has 2 aromatic heterocycles. The first-order valence-corrected chi connectivity index (χ1v) is 12.1. The number of thiophene rings is 1. The van der Waals surface area contributed by atoms with Crippen molar-refractivity contribution in [1.29, 1.82) is 0 Å². The van der Waals surface area contributed by atoms with Crippen molar-refractivity contribution < 1.29 is 30.0 Å². The number of pyridine rings is 1. The van der Waals surface area contributed by atoms with E-state index in [0.717, 1.165) is 16.1 Å². The molecule has 0 saturated heterocycles. The number of rotatable bonds is 4. The number of benzene rings is 3. The Hall–Kier alpha value is -3.37. The number of ketones is 1. The summed E-state index contributed by atoms with van der Waals surface area (Å²) >= 11 is 1.74. The number of aliphatic hydroxyl groups is 1. The van der Waals surface area contributed by atoms with E-state index in [2.05, 4.69) is 91.9 Å². The molecule has 1 radical (unpaired) electrons. The van der Waals surface area contributed by atoms with Gasteiger partial charge < -0.3 is 5.11 Å². The SMILES string of the molecule is CC(=O)/C=C(/C)O.Cc1ccc(-c2cc3ccc(-c4[c-]ccc(-c5ccccc5)c4)nc3s2)cc1.[Ir]. The van der Waals surface area contributed by atoms with Crippen LogP contribution in [0, 0.1) is 13.0 Å². The molecule has 1 N–H and O–H groups in total. The van der Waals surface area contributed by atoms with Crippen molar-refractivity contribution >= 4 is 27.3 Å². The Morgan fingerprint density at radius 2 is 1.61 bits per heavy atom. The van der Waals surface area contributed by atoms with E-state index in [0.29, 0.717) is 0 Å². The molecule has 0 aliphatic heterocycles. The number of hydrogen-bond donors (Lipinski definition) is 1. The van der Waals surface area contributed by atoms with Gasteiger partial charge in [-0.1, -0.05) is 72.3 Å². The van der Waals surface area contributed by atoms with Crippen molar-refractivity contribution in [2.45, 2.75) is 20.8 Å². The van der Waals surface area contributed by atoms with E-state index in [1.165, 1.54) is 52.4 Å². The zero-order chi connectivity index (χ0) is 24.8. The van der Waals surface area contributed by atoms with E-state index in [-0.39, 0.29) is 31.6 Å². The maximum atomic E-state index is 10.0. The predicted octanol–water partition coefficient (Wildman–Crippen LogP) is 8.44. The van der Waals surface area contributed by atoms with Crippen LogP contribution in [0.3, 0.4) is 0 Å². The Labute approximate surface area is 229 Å². The third-order valence-electron chi connectivity index (χ3n) is 5.32. The second-order valence-electron chi connectivity index (χ2n) is 8.32. The molecule has 0 amide bonds. The molecule has 0 aliphatic rings. The molecule has 0 aliphatic carbocycles. The number of allylic oxidation sites excluding steroid dienone is 2. The number of nitrogens with zero attached hydrogens (tertiary/aromatic N) is 1. The minimum Gasteiger partial charge on any atom is -0.512 e. The van der Waals surface area contributed by atoms with E-state index >= 15 is 0 Å². The van der Waals surface area contributed by atoms with Crippen molar-refractivity contribution in [3.63, 3.8) is 0 Å². The van der Waals surface area contributed by atoms with E-state index in [4.69, 9.17) is 10.1 Å². The van der Waals surface area contributed by atoms with Crippen LogP contribution < -0.4 is 0 Å². The smallest absolute Gasteiger partial charge is 0.155 e. The molecule has 0 unspecified atom stereocenters. The van der Waals surface area contributed by atoms with Gasteiger partial charge in [0.25, 0.3) is 0 Å². The first kappa shape index (κ1) is 27.2. The van der Waals surface area contributed by atoms with Gasteiger partial charge in [-0.25, -0.2) is 0 Å². The first-order chi connectivity index (χ1) is 16.9. The van der Waals surface area contributed by atoms with Crippen LogP contribution in [0.2, 0.25) is 0 Å². The third-order valence-corrected chi connectivity index (χ3v) is 6.41. The van der Waals surface area contributed by atoms with E-state index < -0.39 is 0 Å². The van der Waals surface area contributed by atoms with Crippen molar-refractivity contribution in [1.82, 2.24) is 4.98 Å². The van der Waals surface area contributed by atoms with E-state index in [9.17, 15) is 4.79 Å². The van der Waals surface area contributed by atoms with Crippen LogP contribution in [-0.2, 0) is 24.9 Å². The van der Waals surface area contributed by atoms with Gasteiger partial charge >= 0.3 is 0 Å². The third kappa shape index (κ3) is 7.08. The molecule has 0 fully saturated rings. The molecule has 183 valence electrons. The summed E-state index contributed by atoms with van der Waals surface area (Å²) in [6, 6.07) is 35.2. The van der Waals surface area contributed by atoms with Crippen molar-refractivity contribution in [2.75, 3.05) is 0 Å². The van der Waals surface area contributed by atoms with Gasteiger partial charge in [-0.3, -0.25) is 9.78 Å². The molecular formula is C31H26IrNO2S-. The minimum atomic E-state index is -0.125. The average Bonchev–Trinajstić information content (AvgIpc) is 3.28. The van der Waals surface area contributed by atoms with Gasteiger partial charge in [0.2, 0.25) is 0 Å². The molecule has 36 heavy (non-hydrogen) atoms. The van der Waals surface area contributed by atoms with Gasteiger partial charge in [0, 0.05) is 36.4 Å². The van der Waals surface area contributed by atoms with Gasteiger partial charge in [-0.2, -0.15) is 0 Å². The summed E-state index contributed by atoms with van der Waals surface area (Å²) in [6.45, 7) is 4.96. The van der Waals surface area contributed by atoms with E-state index in [1.54, 1.807) is 11.3 Å². The van der Waals surface area contributed by atoms with Gasteiger partial charge in [0.15, 0.2) is 5.78 Å². The quantitative estimate of drug-likeness (QED) is 0.119. The Morgan fingerprint density at radius 3 is 2.25 bits per heavy atom. The normalized spacial score (nSPS) is 10.8. The zero-order valence-electron chi connectivity index (χ0n) is 20.3. The molecule has 3 nitrogen and oxygen atoms in total. The summed E-state index contributed by atoms with van der Waals surface area (Å²) in [6.07, 6.45) is 1.17. The summed E-state index contributed by atoms with van der Waals surface area (Å²) in [5.74, 6) is -0.0625. The second kappa shape index (κ2) is 12.5. The number of aryl methyl sites for hydroxylation is 1. The number of carbonyl (C=O) groups excluding carboxylic acids is 1. The number of fused-ring (bicyclic) bond motifs is 1. The maximum Gasteiger partial charge on any atom is 0.155 e. The molecule has 0 saturated carbocycles. The fraction of sp³-hybridized carbons (Fsp3) is 0.0968. The van der Waals surface area contributed by atoms with Gasteiger partial charge in [-0.15, -0.1) is 46.7 Å². The van der Waals surface area contributed by atoms with Crippen LogP contribution >= 0.6 is 11.3 Å². The van der Waals surface area contributed by atoms with Crippen LogP contribution in [0.5, 0.6) is 0 Å². The maximum absolute atomic E-state index is 10.0. The zero-order valence-corrected chi connectivity index (χ0v) is 23.5. The Balaban J connectivity index is 0.000000400. The van der Waals surface area contributed by atoms with Crippen LogP contribution in [0.4, 0.5) is 0 Å². The molecule has 5 heteroatoms. The van der Waals surface area contributed by atoms with Crippen LogP contribution in [0.25, 0.3) is 43.0 Å². The van der Waals surface area contributed by atoms with Crippen molar-refractivity contribution in [2.24, 2.45) is 0 Å². The Bertz CT molecular complexity index is 1480.